The van der Waals surface area contributed by atoms with Crippen LogP contribution in [0.25, 0.3) is 0 Å². The van der Waals surface area contributed by atoms with Crippen molar-refractivity contribution in [3.8, 4) is 11.5 Å². The van der Waals surface area contributed by atoms with Gasteiger partial charge in [0.1, 0.15) is 23.0 Å². The van der Waals surface area contributed by atoms with Crippen LogP contribution in [0.1, 0.15) is 39.5 Å². The number of ether oxygens (including phenoxy) is 2. The molecule has 26 heavy (non-hydrogen) atoms. The van der Waals surface area contributed by atoms with Gasteiger partial charge in [-0.15, -0.1) is 0 Å². The third-order valence-electron chi connectivity index (χ3n) is 3.03. The molecule has 1 rings (SSSR count). The number of unbranched alkanes of at least 4 members (excludes halogenated alkanes) is 3. The minimum Gasteiger partial charge on any atom is -0.490 e. The van der Waals surface area contributed by atoms with Gasteiger partial charge < -0.3 is 14.3 Å². The van der Waals surface area contributed by atoms with Gasteiger partial charge in [0, 0.05) is 18.3 Å². The van der Waals surface area contributed by atoms with E-state index in [4.69, 9.17) is 60.7 Å². The highest BCUT2D eigenvalue weighted by molar-refractivity contribution is 6.55. The van der Waals surface area contributed by atoms with E-state index in [-0.39, 0.29) is 17.2 Å². The lowest BCUT2D eigenvalue weighted by molar-refractivity contribution is 0.0867. The summed E-state index contributed by atoms with van der Waals surface area (Å²) in [6.07, 6.45) is 7.22. The molecular formula is C18H23Cl4NO3. The first-order valence-electron chi connectivity index (χ1n) is 8.33. The lowest BCUT2D eigenvalue weighted by Crippen LogP contribution is -2.00. The van der Waals surface area contributed by atoms with E-state index in [1.807, 2.05) is 13.8 Å². The van der Waals surface area contributed by atoms with Crippen LogP contribution in [0.4, 0.5) is 0 Å². The molecule has 0 aromatic heterocycles. The molecule has 8 heteroatoms. The number of rotatable bonds is 12. The van der Waals surface area contributed by atoms with Crippen LogP contribution in [-0.2, 0) is 4.84 Å². The Balaban J connectivity index is 2.32. The molecule has 0 spiro atoms. The summed E-state index contributed by atoms with van der Waals surface area (Å²) in [6.45, 7) is 4.64. The normalized spacial score (nSPS) is 11.0. The summed E-state index contributed by atoms with van der Waals surface area (Å²) in [7, 11) is 0. The van der Waals surface area contributed by atoms with Gasteiger partial charge in [0.15, 0.2) is 5.75 Å². The van der Waals surface area contributed by atoms with Crippen molar-refractivity contribution in [3.63, 3.8) is 0 Å². The number of hydrogen-bond acceptors (Lipinski definition) is 4. The molecule has 0 aliphatic rings. The fraction of sp³-hybridized carbons (Fsp3) is 0.500. The van der Waals surface area contributed by atoms with Gasteiger partial charge >= 0.3 is 0 Å². The summed E-state index contributed by atoms with van der Waals surface area (Å²) < 4.78 is 11.3. The predicted octanol–water partition coefficient (Wildman–Crippen LogP) is 7.04. The second kappa shape index (κ2) is 13.4. The highest BCUT2D eigenvalue weighted by Gasteiger charge is 2.10. The average Bonchev–Trinajstić information content (AvgIpc) is 2.54. The Bertz CT molecular complexity index is 579. The molecule has 0 N–H and O–H groups in total. The Morgan fingerprint density at radius 3 is 2.38 bits per heavy atom. The van der Waals surface area contributed by atoms with E-state index in [1.54, 1.807) is 18.3 Å². The lowest BCUT2D eigenvalue weighted by Gasteiger charge is -2.12. The molecule has 0 radical (unpaired) electrons. The van der Waals surface area contributed by atoms with Crippen molar-refractivity contribution >= 4 is 52.6 Å². The molecule has 0 unspecified atom stereocenters. The Kier molecular flexibility index (Phi) is 11.9. The maximum absolute atomic E-state index is 6.21. The lowest BCUT2D eigenvalue weighted by atomic mass is 10.2. The van der Waals surface area contributed by atoms with Gasteiger partial charge in [0.2, 0.25) is 0 Å². The summed E-state index contributed by atoms with van der Waals surface area (Å²) in [4.78, 5) is 5.09. The van der Waals surface area contributed by atoms with Crippen molar-refractivity contribution in [2.75, 3.05) is 13.2 Å². The third-order valence-corrected chi connectivity index (χ3v) is 3.90. The smallest absolute Gasteiger partial charge is 0.156 e. The van der Waals surface area contributed by atoms with Crippen LogP contribution in [0, 0.1) is 0 Å². The molecule has 4 nitrogen and oxygen atoms in total. The standard InChI is InChI=1S/C18H23Cl4NO3/c1-13(2)26-23-8-5-3-4-6-9-25-18-15(19)11-14(12-16(18)20)24-10-7-17(21)22/h7-8,11-13H,3-6,9-10H2,1-2H3/b23-8+. The van der Waals surface area contributed by atoms with Crippen LogP contribution in [0.3, 0.4) is 0 Å². The molecule has 0 bridgehead atoms. The minimum atomic E-state index is 0.112. The molecule has 0 aliphatic carbocycles. The first-order chi connectivity index (χ1) is 12.4. The Hall–Kier alpha value is -0.810. The van der Waals surface area contributed by atoms with Crippen LogP contribution in [0.2, 0.25) is 10.0 Å². The highest BCUT2D eigenvalue weighted by atomic mass is 35.5. The molecule has 0 heterocycles. The van der Waals surface area contributed by atoms with Crippen molar-refractivity contribution in [2.45, 2.75) is 45.6 Å². The largest absolute Gasteiger partial charge is 0.490 e. The maximum Gasteiger partial charge on any atom is 0.156 e. The number of halogens is 4. The monoisotopic (exact) mass is 441 g/mol. The van der Waals surface area contributed by atoms with Crippen LogP contribution < -0.4 is 9.47 Å². The summed E-state index contributed by atoms with van der Waals surface area (Å²) in [6, 6.07) is 3.29. The van der Waals surface area contributed by atoms with Crippen LogP contribution in [-0.4, -0.2) is 25.5 Å². The first-order valence-corrected chi connectivity index (χ1v) is 9.84. The minimum absolute atomic E-state index is 0.112. The topological polar surface area (TPSA) is 40.0 Å². The molecule has 1 aromatic carbocycles. The number of nitrogens with zero attached hydrogens (tertiary/aromatic N) is 1. The Morgan fingerprint density at radius 2 is 1.77 bits per heavy atom. The maximum atomic E-state index is 6.21. The number of benzene rings is 1. The zero-order valence-corrected chi connectivity index (χ0v) is 17.8. The summed E-state index contributed by atoms with van der Waals surface area (Å²) >= 11 is 23.5. The molecule has 0 aliphatic heterocycles. The van der Waals surface area contributed by atoms with Crippen LogP contribution in [0.5, 0.6) is 11.5 Å². The van der Waals surface area contributed by atoms with Gasteiger partial charge in [0.25, 0.3) is 0 Å². The van der Waals surface area contributed by atoms with Crippen molar-refractivity contribution < 1.29 is 14.3 Å². The van der Waals surface area contributed by atoms with Gasteiger partial charge in [-0.2, -0.15) is 0 Å². The van der Waals surface area contributed by atoms with E-state index in [0.717, 1.165) is 25.7 Å². The van der Waals surface area contributed by atoms with E-state index in [2.05, 4.69) is 5.16 Å². The fourth-order valence-corrected chi connectivity index (χ4v) is 2.57. The molecule has 0 saturated heterocycles. The summed E-state index contributed by atoms with van der Waals surface area (Å²) in [5, 5.41) is 4.67. The van der Waals surface area contributed by atoms with Crippen molar-refractivity contribution in [1.29, 1.82) is 0 Å². The summed E-state index contributed by atoms with van der Waals surface area (Å²) in [5.74, 6) is 0.972. The van der Waals surface area contributed by atoms with E-state index >= 15 is 0 Å². The SMILES string of the molecule is CC(C)O/N=C/CCCCCOc1c(Cl)cc(OCC=C(Cl)Cl)cc1Cl. The molecule has 0 amide bonds. The van der Waals surface area contributed by atoms with Crippen LogP contribution >= 0.6 is 46.4 Å². The van der Waals surface area contributed by atoms with Crippen molar-refractivity contribution in [2.24, 2.45) is 5.16 Å². The predicted molar refractivity (Wildman–Crippen MR) is 110 cm³/mol. The van der Waals surface area contributed by atoms with Crippen molar-refractivity contribution in [3.05, 3.63) is 32.7 Å². The first kappa shape index (κ1) is 23.2. The van der Waals surface area contributed by atoms with Gasteiger partial charge in [-0.25, -0.2) is 0 Å². The number of hydrogen-bond donors (Lipinski definition) is 0. The van der Waals surface area contributed by atoms with Gasteiger partial charge in [-0.3, -0.25) is 0 Å². The van der Waals surface area contributed by atoms with E-state index in [9.17, 15) is 0 Å². The molecule has 0 saturated carbocycles. The number of oxime groups is 1. The van der Waals surface area contributed by atoms with Crippen LogP contribution in [0.15, 0.2) is 27.9 Å². The zero-order chi connectivity index (χ0) is 19.4. The quantitative estimate of drug-likeness (QED) is 0.198. The van der Waals surface area contributed by atoms with Crippen molar-refractivity contribution in [1.82, 2.24) is 0 Å². The Labute approximate surface area is 175 Å². The molecule has 0 fully saturated rings. The highest BCUT2D eigenvalue weighted by Crippen LogP contribution is 2.37. The van der Waals surface area contributed by atoms with Gasteiger partial charge in [0.05, 0.1) is 16.7 Å². The zero-order valence-electron chi connectivity index (χ0n) is 14.8. The molecule has 1 aromatic rings. The van der Waals surface area contributed by atoms with E-state index in [0.29, 0.717) is 28.2 Å². The summed E-state index contributed by atoms with van der Waals surface area (Å²) in [5.41, 5.74) is 0. The second-order valence-corrected chi connectivity index (χ2v) is 7.48. The Morgan fingerprint density at radius 1 is 1.08 bits per heavy atom. The van der Waals surface area contributed by atoms with E-state index in [1.165, 1.54) is 6.08 Å². The second-order valence-electron chi connectivity index (χ2n) is 5.66. The van der Waals surface area contributed by atoms with Gasteiger partial charge in [-0.05, 0) is 45.6 Å². The van der Waals surface area contributed by atoms with E-state index < -0.39 is 0 Å². The third kappa shape index (κ3) is 10.4. The van der Waals surface area contributed by atoms with Gasteiger partial charge in [-0.1, -0.05) is 51.6 Å². The fourth-order valence-electron chi connectivity index (χ4n) is 1.86. The molecule has 146 valence electrons. The average molecular weight is 443 g/mol. The molecule has 0 atom stereocenters. The molecular weight excluding hydrogens is 420 g/mol.